The zero-order valence-electron chi connectivity index (χ0n) is 12.0. The summed E-state index contributed by atoms with van der Waals surface area (Å²) in [5.41, 5.74) is -0.0149. The molecular formula is C13H21N5O2. The molecule has 7 heteroatoms. The van der Waals surface area contributed by atoms with Crippen LogP contribution in [0.15, 0.2) is 6.20 Å². The maximum Gasteiger partial charge on any atom is 0.329 e. The lowest BCUT2D eigenvalue weighted by atomic mass is 9.98. The van der Waals surface area contributed by atoms with Crippen molar-refractivity contribution in [3.63, 3.8) is 0 Å². The van der Waals surface area contributed by atoms with Gasteiger partial charge in [0.15, 0.2) is 0 Å². The van der Waals surface area contributed by atoms with Gasteiger partial charge in [-0.2, -0.15) is 4.98 Å². The molecule has 0 bridgehead atoms. The van der Waals surface area contributed by atoms with E-state index >= 15 is 0 Å². The van der Waals surface area contributed by atoms with Crippen molar-refractivity contribution in [3.8, 4) is 0 Å². The minimum atomic E-state index is -0.406. The molecule has 1 aromatic rings. The molecule has 0 saturated carbocycles. The quantitative estimate of drug-likeness (QED) is 0.673. The monoisotopic (exact) mass is 279 g/mol. The Labute approximate surface area is 118 Å². The van der Waals surface area contributed by atoms with Gasteiger partial charge in [0.2, 0.25) is 11.8 Å². The first-order valence-corrected chi connectivity index (χ1v) is 7.09. The van der Waals surface area contributed by atoms with Crippen molar-refractivity contribution in [2.45, 2.75) is 32.6 Å². The number of rotatable bonds is 4. The maximum absolute atomic E-state index is 11.1. The fourth-order valence-electron chi connectivity index (χ4n) is 2.63. The number of hydrogen-bond donors (Lipinski definition) is 1. The topological polar surface area (TPSA) is 84.2 Å². The third kappa shape index (κ3) is 3.15. The highest BCUT2D eigenvalue weighted by Crippen LogP contribution is 2.29. The summed E-state index contributed by atoms with van der Waals surface area (Å²) >= 11 is 0. The molecule has 1 atom stereocenters. The van der Waals surface area contributed by atoms with E-state index in [2.05, 4.69) is 22.2 Å². The van der Waals surface area contributed by atoms with Crippen LogP contribution in [0.5, 0.6) is 0 Å². The molecule has 1 aromatic heterocycles. The highest BCUT2D eigenvalue weighted by molar-refractivity contribution is 5.58. The van der Waals surface area contributed by atoms with E-state index in [1.54, 1.807) is 7.05 Å². The molecule has 1 aliphatic rings. The molecule has 1 N–H and O–H groups in total. The van der Waals surface area contributed by atoms with Gasteiger partial charge < -0.3 is 10.2 Å². The van der Waals surface area contributed by atoms with Gasteiger partial charge in [0.25, 0.3) is 0 Å². The summed E-state index contributed by atoms with van der Waals surface area (Å²) in [7, 11) is 1.71. The summed E-state index contributed by atoms with van der Waals surface area (Å²) in [6.45, 7) is 3.84. The second-order valence-corrected chi connectivity index (χ2v) is 5.10. The van der Waals surface area contributed by atoms with Crippen LogP contribution < -0.4 is 10.2 Å². The average molecular weight is 279 g/mol. The maximum atomic E-state index is 11.1. The smallest absolute Gasteiger partial charge is 0.329 e. The fraction of sp³-hybridized carbons (Fsp3) is 0.692. The molecule has 110 valence electrons. The van der Waals surface area contributed by atoms with Gasteiger partial charge in [-0.25, -0.2) is 4.98 Å². The normalized spacial score (nSPS) is 19.5. The molecule has 0 aliphatic carbocycles. The predicted molar refractivity (Wildman–Crippen MR) is 78.1 cm³/mol. The molecule has 1 fully saturated rings. The van der Waals surface area contributed by atoms with E-state index in [1.807, 2.05) is 4.90 Å². The Kier molecular flexibility index (Phi) is 4.70. The van der Waals surface area contributed by atoms with Crippen molar-refractivity contribution in [1.29, 1.82) is 0 Å². The van der Waals surface area contributed by atoms with Crippen molar-refractivity contribution in [2.75, 3.05) is 30.4 Å². The van der Waals surface area contributed by atoms with Crippen molar-refractivity contribution in [1.82, 2.24) is 9.97 Å². The van der Waals surface area contributed by atoms with Crippen LogP contribution in [0.2, 0.25) is 0 Å². The molecule has 20 heavy (non-hydrogen) atoms. The largest absolute Gasteiger partial charge is 0.357 e. The van der Waals surface area contributed by atoms with Gasteiger partial charge >= 0.3 is 5.69 Å². The Morgan fingerprint density at radius 1 is 1.50 bits per heavy atom. The van der Waals surface area contributed by atoms with E-state index in [0.29, 0.717) is 17.7 Å². The van der Waals surface area contributed by atoms with Gasteiger partial charge in [-0.05, 0) is 25.2 Å². The van der Waals surface area contributed by atoms with Crippen LogP contribution in [0.1, 0.15) is 32.6 Å². The summed E-state index contributed by atoms with van der Waals surface area (Å²) in [5.74, 6) is 1.57. The van der Waals surface area contributed by atoms with Crippen LogP contribution in [0.25, 0.3) is 0 Å². The Morgan fingerprint density at radius 3 is 2.95 bits per heavy atom. The Morgan fingerprint density at radius 2 is 2.30 bits per heavy atom. The zero-order valence-corrected chi connectivity index (χ0v) is 12.0. The van der Waals surface area contributed by atoms with Gasteiger partial charge in [-0.3, -0.25) is 10.1 Å². The van der Waals surface area contributed by atoms with E-state index < -0.39 is 4.92 Å². The van der Waals surface area contributed by atoms with Crippen LogP contribution >= 0.6 is 0 Å². The molecule has 1 unspecified atom stereocenters. The third-order valence-corrected chi connectivity index (χ3v) is 3.89. The minimum Gasteiger partial charge on any atom is -0.357 e. The average Bonchev–Trinajstić information content (AvgIpc) is 2.71. The van der Waals surface area contributed by atoms with Gasteiger partial charge in [0, 0.05) is 20.1 Å². The van der Waals surface area contributed by atoms with E-state index in [0.717, 1.165) is 25.9 Å². The second kappa shape index (κ2) is 6.49. The number of anilines is 2. The molecule has 0 radical (unpaired) electrons. The number of hydrogen-bond acceptors (Lipinski definition) is 6. The summed E-state index contributed by atoms with van der Waals surface area (Å²) in [6, 6.07) is 0. The standard InChI is InChI=1S/C13H21N5O2/c1-3-10-5-4-7-17(8-6-10)12-11(18(19)20)9-15-13(14-2)16-12/h9-10H,3-8H2,1-2H3,(H,14,15,16). The first-order valence-electron chi connectivity index (χ1n) is 7.09. The lowest BCUT2D eigenvalue weighted by Gasteiger charge is -2.21. The minimum absolute atomic E-state index is 0.0149. The zero-order chi connectivity index (χ0) is 14.5. The van der Waals surface area contributed by atoms with Crippen molar-refractivity contribution in [3.05, 3.63) is 16.3 Å². The molecular weight excluding hydrogens is 258 g/mol. The number of nitrogens with one attached hydrogen (secondary N) is 1. The van der Waals surface area contributed by atoms with E-state index in [-0.39, 0.29) is 5.69 Å². The van der Waals surface area contributed by atoms with Crippen LogP contribution in [0, 0.1) is 16.0 Å². The van der Waals surface area contributed by atoms with E-state index in [9.17, 15) is 10.1 Å². The summed E-state index contributed by atoms with van der Waals surface area (Å²) < 4.78 is 0. The highest BCUT2D eigenvalue weighted by atomic mass is 16.6. The summed E-state index contributed by atoms with van der Waals surface area (Å²) in [5, 5.41) is 14.0. The molecule has 0 spiro atoms. The van der Waals surface area contributed by atoms with Crippen LogP contribution in [-0.4, -0.2) is 35.0 Å². The SMILES string of the molecule is CCC1CCCN(c2nc(NC)ncc2[N+](=O)[O-])CC1. The van der Waals surface area contributed by atoms with Gasteiger partial charge in [0.1, 0.15) is 6.20 Å². The molecule has 7 nitrogen and oxygen atoms in total. The number of nitro groups is 1. The van der Waals surface area contributed by atoms with E-state index in [4.69, 9.17) is 0 Å². The van der Waals surface area contributed by atoms with Crippen molar-refractivity contribution >= 4 is 17.5 Å². The van der Waals surface area contributed by atoms with Crippen molar-refractivity contribution in [2.24, 2.45) is 5.92 Å². The van der Waals surface area contributed by atoms with Gasteiger partial charge in [-0.1, -0.05) is 13.3 Å². The predicted octanol–water partition coefficient (Wildman–Crippen LogP) is 2.44. The van der Waals surface area contributed by atoms with Crippen molar-refractivity contribution < 1.29 is 4.92 Å². The second-order valence-electron chi connectivity index (χ2n) is 5.10. The van der Waals surface area contributed by atoms with E-state index in [1.165, 1.54) is 19.0 Å². The van der Waals surface area contributed by atoms with Crippen LogP contribution in [0.4, 0.5) is 17.5 Å². The molecule has 0 aromatic carbocycles. The third-order valence-electron chi connectivity index (χ3n) is 3.89. The fourth-order valence-corrected chi connectivity index (χ4v) is 2.63. The first kappa shape index (κ1) is 14.5. The molecule has 2 heterocycles. The molecule has 1 aliphatic heterocycles. The Bertz CT molecular complexity index is 480. The lowest BCUT2D eigenvalue weighted by molar-refractivity contribution is -0.384. The summed E-state index contributed by atoms with van der Waals surface area (Å²) in [4.78, 5) is 21.0. The Hall–Kier alpha value is -1.92. The number of aromatic nitrogens is 2. The van der Waals surface area contributed by atoms with Crippen LogP contribution in [0.3, 0.4) is 0 Å². The molecule has 0 amide bonds. The Balaban J connectivity index is 2.27. The highest BCUT2D eigenvalue weighted by Gasteiger charge is 2.25. The van der Waals surface area contributed by atoms with Gasteiger partial charge in [0.05, 0.1) is 4.92 Å². The van der Waals surface area contributed by atoms with Gasteiger partial charge in [-0.15, -0.1) is 0 Å². The lowest BCUT2D eigenvalue weighted by Crippen LogP contribution is -2.26. The summed E-state index contributed by atoms with van der Waals surface area (Å²) in [6.07, 6.45) is 5.75. The molecule has 2 rings (SSSR count). The first-order chi connectivity index (χ1) is 9.65. The molecule has 1 saturated heterocycles. The number of nitrogens with zero attached hydrogens (tertiary/aromatic N) is 4. The van der Waals surface area contributed by atoms with Crippen LogP contribution in [-0.2, 0) is 0 Å².